The summed E-state index contributed by atoms with van der Waals surface area (Å²) < 4.78 is 5.20. The van der Waals surface area contributed by atoms with E-state index in [4.69, 9.17) is 32.8 Å². The van der Waals surface area contributed by atoms with Crippen molar-refractivity contribution in [1.82, 2.24) is 10.4 Å². The van der Waals surface area contributed by atoms with Crippen molar-refractivity contribution < 1.29 is 19.2 Å². The third kappa shape index (κ3) is 6.95. The maximum Gasteiger partial charge on any atom is 0.408 e. The Morgan fingerprint density at radius 3 is 2.21 bits per heavy atom. The van der Waals surface area contributed by atoms with Crippen LogP contribution in [0.3, 0.4) is 0 Å². The standard InChI is InChI=1S/C16H22Cl2N2O4/c1-16(2,3)24-15(22)19-13(14(21)20(4)23-5)8-10-6-11(17)9-12(18)7-10/h6-7,9,13H,8H2,1-5H3,(H,19,22)/t13-/m0/s1. The molecule has 0 aliphatic heterocycles. The predicted octanol–water partition coefficient (Wildman–Crippen LogP) is 3.45. The second kappa shape index (κ2) is 8.55. The number of hydrogen-bond donors (Lipinski definition) is 1. The van der Waals surface area contributed by atoms with Crippen molar-refractivity contribution in [2.75, 3.05) is 14.2 Å². The number of amides is 2. The lowest BCUT2D eigenvalue weighted by molar-refractivity contribution is -0.171. The molecule has 0 saturated carbocycles. The summed E-state index contributed by atoms with van der Waals surface area (Å²) in [7, 11) is 2.82. The molecule has 0 saturated heterocycles. The van der Waals surface area contributed by atoms with Crippen molar-refractivity contribution in [3.63, 3.8) is 0 Å². The minimum atomic E-state index is -0.890. The molecular weight excluding hydrogens is 355 g/mol. The number of benzene rings is 1. The maximum atomic E-state index is 12.4. The zero-order valence-electron chi connectivity index (χ0n) is 14.4. The fourth-order valence-electron chi connectivity index (χ4n) is 1.92. The van der Waals surface area contributed by atoms with E-state index in [2.05, 4.69) is 5.32 Å². The smallest absolute Gasteiger partial charge is 0.408 e. The van der Waals surface area contributed by atoms with E-state index in [1.54, 1.807) is 39.0 Å². The molecule has 1 atom stereocenters. The van der Waals surface area contributed by atoms with Gasteiger partial charge >= 0.3 is 6.09 Å². The second-order valence-corrected chi connectivity index (χ2v) is 7.07. The van der Waals surface area contributed by atoms with E-state index in [0.717, 1.165) is 5.06 Å². The normalized spacial score (nSPS) is 12.5. The van der Waals surface area contributed by atoms with Crippen LogP contribution >= 0.6 is 23.2 Å². The first-order valence-electron chi connectivity index (χ1n) is 7.28. The Labute approximate surface area is 152 Å². The van der Waals surface area contributed by atoms with E-state index < -0.39 is 23.6 Å². The summed E-state index contributed by atoms with van der Waals surface area (Å²) in [5.74, 6) is -0.431. The molecule has 1 N–H and O–H groups in total. The number of hydroxylamine groups is 2. The van der Waals surface area contributed by atoms with Gasteiger partial charge in [0, 0.05) is 23.5 Å². The zero-order valence-corrected chi connectivity index (χ0v) is 15.9. The predicted molar refractivity (Wildman–Crippen MR) is 93.1 cm³/mol. The molecule has 0 bridgehead atoms. The van der Waals surface area contributed by atoms with Crippen molar-refractivity contribution in [2.45, 2.75) is 38.8 Å². The fraction of sp³-hybridized carbons (Fsp3) is 0.500. The highest BCUT2D eigenvalue weighted by Gasteiger charge is 2.27. The number of alkyl carbamates (subject to hydrolysis) is 1. The van der Waals surface area contributed by atoms with E-state index in [-0.39, 0.29) is 6.42 Å². The molecule has 1 aromatic rings. The maximum absolute atomic E-state index is 12.4. The van der Waals surface area contributed by atoms with E-state index in [0.29, 0.717) is 15.6 Å². The van der Waals surface area contributed by atoms with Gasteiger partial charge < -0.3 is 10.1 Å². The van der Waals surface area contributed by atoms with Gasteiger partial charge in [0.25, 0.3) is 5.91 Å². The first-order chi connectivity index (χ1) is 11.0. The first kappa shape index (κ1) is 20.5. The highest BCUT2D eigenvalue weighted by molar-refractivity contribution is 6.34. The number of carbonyl (C=O) groups excluding carboxylic acids is 2. The Morgan fingerprint density at radius 1 is 1.21 bits per heavy atom. The summed E-state index contributed by atoms with van der Waals surface area (Å²) in [6, 6.07) is 4.06. The van der Waals surface area contributed by atoms with Gasteiger partial charge in [-0.25, -0.2) is 9.86 Å². The SMILES string of the molecule is CON(C)C(=O)[C@H](Cc1cc(Cl)cc(Cl)c1)NC(=O)OC(C)(C)C. The number of ether oxygens (including phenoxy) is 1. The van der Waals surface area contributed by atoms with Gasteiger partial charge in [0.15, 0.2) is 0 Å². The Bertz CT molecular complexity index is 582. The van der Waals surface area contributed by atoms with Crippen LogP contribution in [0.5, 0.6) is 0 Å². The molecule has 0 aliphatic carbocycles. The molecule has 8 heteroatoms. The van der Waals surface area contributed by atoms with Crippen LogP contribution in [-0.2, 0) is 20.8 Å². The third-order valence-electron chi connectivity index (χ3n) is 2.94. The number of nitrogens with zero attached hydrogens (tertiary/aromatic N) is 1. The lowest BCUT2D eigenvalue weighted by atomic mass is 10.1. The molecular formula is C16H22Cl2N2O4. The topological polar surface area (TPSA) is 67.9 Å². The van der Waals surface area contributed by atoms with Gasteiger partial charge in [0.2, 0.25) is 0 Å². The lowest BCUT2D eigenvalue weighted by Crippen LogP contribution is -2.49. The van der Waals surface area contributed by atoms with Gasteiger partial charge in [-0.1, -0.05) is 23.2 Å². The number of halogens is 2. The summed E-state index contributed by atoms with van der Waals surface area (Å²) in [6.07, 6.45) is -0.509. The van der Waals surface area contributed by atoms with Crippen molar-refractivity contribution in [3.05, 3.63) is 33.8 Å². The van der Waals surface area contributed by atoms with Crippen LogP contribution < -0.4 is 5.32 Å². The monoisotopic (exact) mass is 376 g/mol. The Hall–Kier alpha value is -1.50. The van der Waals surface area contributed by atoms with E-state index >= 15 is 0 Å². The molecule has 1 rings (SSSR count). The molecule has 1 aromatic carbocycles. The number of carbonyl (C=O) groups is 2. The number of nitrogens with one attached hydrogen (secondary N) is 1. The lowest BCUT2D eigenvalue weighted by Gasteiger charge is -2.25. The van der Waals surface area contributed by atoms with Crippen molar-refractivity contribution in [1.29, 1.82) is 0 Å². The fourth-order valence-corrected chi connectivity index (χ4v) is 2.50. The van der Waals surface area contributed by atoms with Gasteiger partial charge in [-0.2, -0.15) is 0 Å². The molecule has 24 heavy (non-hydrogen) atoms. The van der Waals surface area contributed by atoms with Crippen LogP contribution in [0.2, 0.25) is 10.0 Å². The van der Waals surface area contributed by atoms with Gasteiger partial charge in [-0.15, -0.1) is 0 Å². The summed E-state index contributed by atoms with van der Waals surface area (Å²) in [4.78, 5) is 29.3. The van der Waals surface area contributed by atoms with Crippen LogP contribution in [0.1, 0.15) is 26.3 Å². The van der Waals surface area contributed by atoms with Crippen molar-refractivity contribution in [2.24, 2.45) is 0 Å². The largest absolute Gasteiger partial charge is 0.444 e. The van der Waals surface area contributed by atoms with E-state index in [9.17, 15) is 9.59 Å². The molecule has 0 heterocycles. The van der Waals surface area contributed by atoms with Crippen molar-refractivity contribution in [3.8, 4) is 0 Å². The van der Waals surface area contributed by atoms with Gasteiger partial charge in [-0.05, 0) is 44.5 Å². The quantitative estimate of drug-likeness (QED) is 0.799. The Morgan fingerprint density at radius 2 is 1.75 bits per heavy atom. The van der Waals surface area contributed by atoms with Gasteiger partial charge in [0.05, 0.1) is 7.11 Å². The highest BCUT2D eigenvalue weighted by Crippen LogP contribution is 2.20. The van der Waals surface area contributed by atoms with Crippen LogP contribution in [-0.4, -0.2) is 42.9 Å². The molecule has 0 aliphatic rings. The molecule has 0 fully saturated rings. The minimum Gasteiger partial charge on any atom is -0.444 e. The highest BCUT2D eigenvalue weighted by atomic mass is 35.5. The average Bonchev–Trinajstić information content (AvgIpc) is 2.41. The molecule has 134 valence electrons. The number of rotatable bonds is 5. The first-order valence-corrected chi connectivity index (χ1v) is 8.03. The van der Waals surface area contributed by atoms with Gasteiger partial charge in [0.1, 0.15) is 11.6 Å². The summed E-state index contributed by atoms with van der Waals surface area (Å²) in [6.45, 7) is 5.21. The average molecular weight is 377 g/mol. The Kier molecular flexibility index (Phi) is 7.32. The molecule has 0 spiro atoms. The summed E-state index contributed by atoms with van der Waals surface area (Å²) in [5.41, 5.74) is 0.0240. The van der Waals surface area contributed by atoms with E-state index in [1.165, 1.54) is 14.2 Å². The summed E-state index contributed by atoms with van der Waals surface area (Å²) >= 11 is 12.0. The molecule has 0 unspecified atom stereocenters. The molecule has 6 nitrogen and oxygen atoms in total. The van der Waals surface area contributed by atoms with Crippen molar-refractivity contribution >= 4 is 35.2 Å². The van der Waals surface area contributed by atoms with Gasteiger partial charge in [-0.3, -0.25) is 9.63 Å². The van der Waals surface area contributed by atoms with E-state index in [1.807, 2.05) is 0 Å². The van der Waals surface area contributed by atoms with Crippen LogP contribution in [0, 0.1) is 0 Å². The third-order valence-corrected chi connectivity index (χ3v) is 3.37. The Balaban J connectivity index is 2.96. The molecule has 0 radical (unpaired) electrons. The van der Waals surface area contributed by atoms with Crippen LogP contribution in [0.4, 0.5) is 4.79 Å². The summed E-state index contributed by atoms with van der Waals surface area (Å²) in [5, 5.41) is 4.48. The van der Waals surface area contributed by atoms with Crippen LogP contribution in [0.15, 0.2) is 18.2 Å². The number of hydrogen-bond acceptors (Lipinski definition) is 4. The molecule has 0 aromatic heterocycles. The number of likely N-dealkylation sites (N-methyl/N-ethyl adjacent to an activating group) is 1. The van der Waals surface area contributed by atoms with Crippen LogP contribution in [0.25, 0.3) is 0 Å². The molecule has 2 amide bonds. The second-order valence-electron chi connectivity index (χ2n) is 6.20. The zero-order chi connectivity index (χ0) is 18.5. The minimum absolute atomic E-state index is 0.187.